The molecule has 5 amide bonds. The normalized spacial score (nSPS) is 23.4. The number of anilines is 5. The molecule has 5 aromatic carbocycles. The Kier molecular flexibility index (Phi) is 34.9. The molecule has 792 valence electrons. The number of aryl methyl sites for hydroxylation is 11. The molecule has 0 spiro atoms. The van der Waals surface area contributed by atoms with Crippen LogP contribution in [-0.4, -0.2) is 306 Å². The van der Waals surface area contributed by atoms with Gasteiger partial charge in [0, 0.05) is 190 Å². The topological polar surface area (TPSA) is 396 Å². The van der Waals surface area contributed by atoms with Crippen molar-refractivity contribution in [2.24, 2.45) is 60.0 Å². The summed E-state index contributed by atoms with van der Waals surface area (Å²) in [5.41, 5.74) is 10.3. The van der Waals surface area contributed by atoms with Gasteiger partial charge in [-0.3, -0.25) is 76.7 Å². The smallest absolute Gasteiger partial charge is 0.239 e. The number of carbonyl (C=O) groups is 6. The fourth-order valence-corrected chi connectivity index (χ4v) is 23.7. The lowest BCUT2D eigenvalue weighted by Crippen LogP contribution is -2.63. The molecule has 11 heterocycles. The minimum Gasteiger partial charge on any atom is -0.396 e. The van der Waals surface area contributed by atoms with Crippen LogP contribution in [0.2, 0.25) is 0 Å². The van der Waals surface area contributed by atoms with Crippen molar-refractivity contribution in [1.82, 2.24) is 110 Å². The zero-order valence-electron chi connectivity index (χ0n) is 88.7. The summed E-state index contributed by atoms with van der Waals surface area (Å²) in [6, 6.07) is 35.3. The molecule has 5 saturated carbocycles. The summed E-state index contributed by atoms with van der Waals surface area (Å²) in [5.74, 6) is 6.58. The molecule has 6 aromatic heterocycles. The number of hydrogen-bond acceptors (Lipinski definition) is 25. The number of ether oxygens (including phenoxy) is 1. The summed E-state index contributed by atoms with van der Waals surface area (Å²) in [6.45, 7) is 29.5. The predicted molar refractivity (Wildman–Crippen MR) is 579 cm³/mol. The third kappa shape index (κ3) is 26.7. The van der Waals surface area contributed by atoms with Gasteiger partial charge >= 0.3 is 0 Å². The second-order valence-corrected chi connectivity index (χ2v) is 43.9. The highest BCUT2D eigenvalue weighted by Crippen LogP contribution is 2.41. The van der Waals surface area contributed by atoms with E-state index in [1.54, 1.807) is 13.1 Å². The SMILES string of the molecule is C=CCOC1CCC(N2CC(NC(=O)CNc3nn(C)c4ccc(C)cc34)C2)CC1.CC(=O)C1CCC(N2CC(NC(=O)CNc3nn(C)c4ccc(C)cc34)C2)CC1.Cc1ccc2c(c1)c(NCC(=O)NC1CN(C3CCC(C)CC3)C1)nn2C.Cc1ccc2c(c1)c(NCC(=O)NC1CN(C3CCC(CO)CC3)C1)nn2C.Cc1ccc2c(c1)c(NCC(=O)NC1CN(C3CCC(O)(c4nccn4C)CC3)C1)nn2C. The van der Waals surface area contributed by atoms with Crippen LogP contribution in [0.1, 0.15) is 176 Å². The molecular formula is C111H159N27O9. The highest BCUT2D eigenvalue weighted by Gasteiger charge is 2.44. The monoisotopic (exact) mass is 2010 g/mol. The highest BCUT2D eigenvalue weighted by molar-refractivity contribution is 5.97. The molecule has 12 N–H and O–H groups in total. The average molecular weight is 2020 g/mol. The van der Waals surface area contributed by atoms with Crippen LogP contribution in [0.5, 0.6) is 0 Å². The Hall–Kier alpha value is -11.9. The van der Waals surface area contributed by atoms with Gasteiger partial charge in [0.05, 0.1) is 103 Å². The summed E-state index contributed by atoms with van der Waals surface area (Å²) in [6.07, 6.45) is 27.9. The summed E-state index contributed by atoms with van der Waals surface area (Å²) in [7, 11) is 11.5. The molecule has 10 fully saturated rings. The van der Waals surface area contributed by atoms with Crippen LogP contribution in [0.25, 0.3) is 54.5 Å². The zero-order chi connectivity index (χ0) is 103. The number of nitrogens with one attached hydrogen (secondary N) is 10. The Labute approximate surface area is 864 Å². The number of ketones is 1. The standard InChI is InChI=1S/C24H33N7O2.C23H33N5O2.C22H31N5O2.C21H31N5O2.C21H31N5O/c1-16-4-5-20-19(12-16)22(28-30(20)3)26-13-21(32)27-17-14-31(15-17)18-6-8-24(33,9-7-18)23-25-10-11-29(23)2;1-4-11-30-19-8-6-18(7-9-19)28-14-17(15-28)25-22(29)13-24-23-20-12-16(2)5-10-21(20)27(3)26-23;1-14-4-9-20-19(10-14)22(25-26(20)3)23-11-21(29)24-17-12-27(13-17)18-7-5-16(6-8-18)15(2)28;1-14-3-8-19-18(9-14)21(24-25(19)2)22-10-20(28)23-16-11-26(12-16)17-6-4-15(13-27)5-7-17;1-14-4-7-17(8-5-14)26-12-16(13-26)23-20(27)11-22-21-18-10-15(2)6-9-19(18)25(3)24-21/h4-5,10-12,17-18,33H,6-9,13-15H2,1-3H3,(H,26,28)(H,27,32);4-5,10,12,17-19H,1,6-9,11,13-15H2,2-3H3,(H,24,26)(H,25,29);4,9-10,16-18H,5-8,11-13H2,1-3H3,(H,23,25)(H,24,29);3,8-9,15-17,27H,4-7,10-13H2,1-2H3,(H,22,24)(H,23,28);6,9-10,14,16-17H,4-5,7-8,11-13H2,1-3H3,(H,22,24)(H,23,27). The number of amides is 5. The molecular weight excluding hydrogens is 1860 g/mol. The predicted octanol–water partition coefficient (Wildman–Crippen LogP) is 10.8. The first kappa shape index (κ1) is 106. The average Bonchev–Trinajstić information content (AvgIpc) is 1.00. The van der Waals surface area contributed by atoms with Gasteiger partial charge in [0.2, 0.25) is 29.5 Å². The number of nitrogens with zero attached hydrogens (tertiary/aromatic N) is 17. The molecule has 21 rings (SSSR count). The number of likely N-dealkylation sites (tertiary alicyclic amines) is 5. The van der Waals surface area contributed by atoms with E-state index in [9.17, 15) is 39.0 Å². The Morgan fingerprint density at radius 3 is 0.912 bits per heavy atom. The van der Waals surface area contributed by atoms with Crippen LogP contribution in [0.4, 0.5) is 29.1 Å². The first-order valence-corrected chi connectivity index (χ1v) is 53.9. The first-order valence-electron chi connectivity index (χ1n) is 53.9. The molecule has 36 heteroatoms. The second kappa shape index (κ2) is 48.2. The molecule has 0 radical (unpaired) electrons. The van der Waals surface area contributed by atoms with E-state index in [0.717, 1.165) is 244 Å². The number of carbonyl (C=O) groups excluding carboxylic acids is 6. The fourth-order valence-electron chi connectivity index (χ4n) is 23.7. The van der Waals surface area contributed by atoms with Crippen LogP contribution in [0.3, 0.4) is 0 Å². The van der Waals surface area contributed by atoms with Gasteiger partial charge in [-0.05, 0) is 242 Å². The van der Waals surface area contributed by atoms with Gasteiger partial charge in [-0.15, -0.1) is 6.58 Å². The van der Waals surface area contributed by atoms with Crippen molar-refractivity contribution in [2.75, 3.05) is 138 Å². The van der Waals surface area contributed by atoms with Crippen molar-refractivity contribution >= 4 is 119 Å². The Morgan fingerprint density at radius 1 is 0.388 bits per heavy atom. The van der Waals surface area contributed by atoms with Crippen molar-refractivity contribution in [3.8, 4) is 0 Å². The van der Waals surface area contributed by atoms with E-state index < -0.39 is 5.60 Å². The third-order valence-electron chi connectivity index (χ3n) is 32.5. The van der Waals surface area contributed by atoms with Crippen LogP contribution < -0.4 is 53.2 Å². The van der Waals surface area contributed by atoms with Crippen molar-refractivity contribution in [2.45, 2.75) is 249 Å². The second-order valence-electron chi connectivity index (χ2n) is 43.9. The van der Waals surface area contributed by atoms with E-state index >= 15 is 0 Å². The number of rotatable bonds is 31. The Bertz CT molecular complexity index is 6360. The van der Waals surface area contributed by atoms with Crippen molar-refractivity contribution in [1.29, 1.82) is 0 Å². The summed E-state index contributed by atoms with van der Waals surface area (Å²) in [4.78, 5) is 90.2. The molecule has 11 aromatic rings. The van der Waals surface area contributed by atoms with E-state index in [4.69, 9.17) is 4.74 Å². The summed E-state index contributed by atoms with van der Waals surface area (Å²) < 4.78 is 16.9. The van der Waals surface area contributed by atoms with Crippen molar-refractivity contribution in [3.05, 3.63) is 150 Å². The Balaban J connectivity index is 0.000000126. The Morgan fingerprint density at radius 2 is 0.653 bits per heavy atom. The lowest BCUT2D eigenvalue weighted by atomic mass is 9.80. The molecule has 36 nitrogen and oxygen atoms in total. The van der Waals surface area contributed by atoms with E-state index in [1.165, 1.54) is 79.2 Å². The first-order chi connectivity index (χ1) is 70.8. The largest absolute Gasteiger partial charge is 0.396 e. The number of aromatic nitrogens is 12. The maximum absolute atomic E-state index is 12.5. The van der Waals surface area contributed by atoms with Crippen LogP contribution in [0.15, 0.2) is 116 Å². The van der Waals surface area contributed by atoms with Gasteiger partial charge in [0.1, 0.15) is 17.2 Å². The minimum absolute atomic E-state index is 0.00129. The fraction of sp³-hybridized carbons (Fsp3) is 0.586. The summed E-state index contributed by atoms with van der Waals surface area (Å²) >= 11 is 0. The summed E-state index contributed by atoms with van der Waals surface area (Å²) in [5, 5.41) is 79.7. The number of hydrogen-bond donors (Lipinski definition) is 12. The highest BCUT2D eigenvalue weighted by atomic mass is 16.5. The van der Waals surface area contributed by atoms with Crippen LogP contribution in [-0.2, 0) is 81.4 Å². The van der Waals surface area contributed by atoms with E-state index in [0.29, 0.717) is 61.2 Å². The molecule has 5 aliphatic carbocycles. The number of Topliss-reactive ketones (excluding diaryl/α,β-unsaturated/α-hetero) is 1. The van der Waals surface area contributed by atoms with Crippen molar-refractivity contribution < 1.29 is 43.7 Å². The maximum atomic E-state index is 12.5. The van der Waals surface area contributed by atoms with Crippen LogP contribution in [0, 0.1) is 52.4 Å². The molecule has 0 atom stereocenters. The van der Waals surface area contributed by atoms with Gasteiger partial charge in [-0.2, -0.15) is 25.5 Å². The molecule has 0 bridgehead atoms. The van der Waals surface area contributed by atoms with E-state index in [2.05, 4.69) is 241 Å². The van der Waals surface area contributed by atoms with E-state index in [-0.39, 0.29) is 92.3 Å². The van der Waals surface area contributed by atoms with Gasteiger partial charge < -0.3 is 72.7 Å². The number of benzene rings is 5. The van der Waals surface area contributed by atoms with Gasteiger partial charge in [-0.25, -0.2) is 4.98 Å². The van der Waals surface area contributed by atoms with Gasteiger partial charge in [0.15, 0.2) is 29.1 Å². The number of aliphatic hydroxyl groups excluding tert-OH is 1. The van der Waals surface area contributed by atoms with Crippen molar-refractivity contribution in [3.63, 3.8) is 0 Å². The quantitative estimate of drug-likeness (QED) is 0.0180. The molecule has 5 saturated heterocycles. The minimum atomic E-state index is -0.826. The van der Waals surface area contributed by atoms with E-state index in [1.807, 2.05) is 88.6 Å². The lowest BCUT2D eigenvalue weighted by molar-refractivity contribution is -0.123. The number of imidazole rings is 1. The van der Waals surface area contributed by atoms with Gasteiger partial charge in [-0.1, -0.05) is 71.1 Å². The van der Waals surface area contributed by atoms with Crippen LogP contribution >= 0.6 is 0 Å². The van der Waals surface area contributed by atoms with Gasteiger partial charge in [0.25, 0.3) is 0 Å². The number of aliphatic hydroxyl groups is 2. The maximum Gasteiger partial charge on any atom is 0.239 e. The number of fused-ring (bicyclic) bond motifs is 5. The molecule has 0 unspecified atom stereocenters. The third-order valence-corrected chi connectivity index (χ3v) is 32.5. The zero-order valence-corrected chi connectivity index (χ0v) is 88.7. The molecule has 10 aliphatic rings. The lowest BCUT2D eigenvalue weighted by Gasteiger charge is -2.48. The molecule has 147 heavy (non-hydrogen) atoms. The molecule has 5 aliphatic heterocycles.